The zero-order chi connectivity index (χ0) is 15.2. The molecule has 0 bridgehead atoms. The van der Waals surface area contributed by atoms with Gasteiger partial charge >= 0.3 is 0 Å². The predicted molar refractivity (Wildman–Crippen MR) is 79.8 cm³/mol. The Kier molecular flexibility index (Phi) is 4.71. The Hall–Kier alpha value is -2.63. The number of H-pyrrole nitrogens is 1. The number of aromatic amines is 1. The molecule has 0 saturated heterocycles. The molecule has 0 unspecified atom stereocenters. The molecule has 0 spiro atoms. The fourth-order valence-corrected chi connectivity index (χ4v) is 1.99. The van der Waals surface area contributed by atoms with E-state index in [-0.39, 0.29) is 11.8 Å². The van der Waals surface area contributed by atoms with Gasteiger partial charge in [-0.1, -0.05) is 12.1 Å². The van der Waals surface area contributed by atoms with Crippen molar-refractivity contribution in [2.45, 2.75) is 13.8 Å². The molecule has 0 aliphatic rings. The van der Waals surface area contributed by atoms with E-state index < -0.39 is 0 Å². The number of carbonyl (C=O) groups is 2. The Morgan fingerprint density at radius 2 is 2.00 bits per heavy atom. The molecule has 2 amide bonds. The Bertz CT molecular complexity index is 649. The molecule has 2 rings (SSSR count). The van der Waals surface area contributed by atoms with Crippen LogP contribution in [0.2, 0.25) is 0 Å². The molecule has 21 heavy (non-hydrogen) atoms. The fraction of sp³-hybridized carbons (Fsp3) is 0.267. The third-order valence-corrected chi connectivity index (χ3v) is 3.05. The topological polar surface area (TPSA) is 86.9 Å². The van der Waals surface area contributed by atoms with E-state index in [1.54, 1.807) is 12.3 Å². The summed E-state index contributed by atoms with van der Waals surface area (Å²) in [6, 6.07) is 7.36. The van der Waals surface area contributed by atoms with Gasteiger partial charge in [0.1, 0.15) is 0 Å². The summed E-state index contributed by atoms with van der Waals surface area (Å²) in [7, 11) is 0. The van der Waals surface area contributed by atoms with Crippen LogP contribution in [0.1, 0.15) is 23.0 Å². The monoisotopic (exact) mass is 286 g/mol. The van der Waals surface area contributed by atoms with Crippen molar-refractivity contribution in [2.75, 3.05) is 13.1 Å². The summed E-state index contributed by atoms with van der Waals surface area (Å²) in [6.07, 6.45) is 1.74. The van der Waals surface area contributed by atoms with Gasteiger partial charge in [-0.3, -0.25) is 14.7 Å². The average Bonchev–Trinajstić information content (AvgIpc) is 2.89. The second kappa shape index (κ2) is 6.69. The first-order chi connectivity index (χ1) is 10.1. The van der Waals surface area contributed by atoms with Crippen LogP contribution in [0.25, 0.3) is 11.1 Å². The lowest BCUT2D eigenvalue weighted by Crippen LogP contribution is -2.33. The van der Waals surface area contributed by atoms with Crippen molar-refractivity contribution in [1.29, 1.82) is 0 Å². The van der Waals surface area contributed by atoms with Crippen LogP contribution >= 0.6 is 0 Å². The number of nitrogens with zero attached hydrogens (tertiary/aromatic N) is 1. The normalized spacial score (nSPS) is 10.2. The lowest BCUT2D eigenvalue weighted by Gasteiger charge is -2.07. The number of benzene rings is 1. The number of aromatic nitrogens is 2. The van der Waals surface area contributed by atoms with Gasteiger partial charge < -0.3 is 10.6 Å². The van der Waals surface area contributed by atoms with Crippen LogP contribution in [0.3, 0.4) is 0 Å². The maximum absolute atomic E-state index is 12.0. The predicted octanol–water partition coefficient (Wildman–Crippen LogP) is 1.25. The number of hydrogen-bond donors (Lipinski definition) is 3. The van der Waals surface area contributed by atoms with Crippen molar-refractivity contribution >= 4 is 11.8 Å². The molecule has 110 valence electrons. The maximum Gasteiger partial charge on any atom is 0.251 e. The molecule has 6 nitrogen and oxygen atoms in total. The molecule has 6 heteroatoms. The van der Waals surface area contributed by atoms with Crippen LogP contribution in [-0.2, 0) is 4.79 Å². The number of amides is 2. The van der Waals surface area contributed by atoms with E-state index in [9.17, 15) is 9.59 Å². The summed E-state index contributed by atoms with van der Waals surface area (Å²) in [5.41, 5.74) is 3.45. The van der Waals surface area contributed by atoms with Crippen LogP contribution in [0.15, 0.2) is 30.5 Å². The zero-order valence-electron chi connectivity index (χ0n) is 12.1. The van der Waals surface area contributed by atoms with E-state index >= 15 is 0 Å². The van der Waals surface area contributed by atoms with E-state index in [0.29, 0.717) is 18.7 Å². The quantitative estimate of drug-likeness (QED) is 0.723. The minimum absolute atomic E-state index is 0.110. The molecule has 3 N–H and O–H groups in total. The van der Waals surface area contributed by atoms with E-state index in [0.717, 1.165) is 16.8 Å². The molecule has 0 atom stereocenters. The van der Waals surface area contributed by atoms with Crippen molar-refractivity contribution in [1.82, 2.24) is 20.8 Å². The number of aryl methyl sites for hydroxylation is 1. The van der Waals surface area contributed by atoms with Crippen molar-refractivity contribution in [3.63, 3.8) is 0 Å². The van der Waals surface area contributed by atoms with E-state index in [1.807, 2.05) is 25.1 Å². The van der Waals surface area contributed by atoms with E-state index in [4.69, 9.17) is 0 Å². The lowest BCUT2D eigenvalue weighted by atomic mass is 10.0. The first-order valence-electron chi connectivity index (χ1n) is 6.71. The summed E-state index contributed by atoms with van der Waals surface area (Å²) in [5, 5.41) is 12.3. The summed E-state index contributed by atoms with van der Waals surface area (Å²) in [5.74, 6) is -0.273. The molecule has 0 saturated carbocycles. The lowest BCUT2D eigenvalue weighted by molar-refractivity contribution is -0.118. The smallest absolute Gasteiger partial charge is 0.251 e. The summed E-state index contributed by atoms with van der Waals surface area (Å²) in [6.45, 7) is 4.19. The van der Waals surface area contributed by atoms with Crippen LogP contribution in [0.5, 0.6) is 0 Å². The van der Waals surface area contributed by atoms with Gasteiger partial charge in [-0.25, -0.2) is 0 Å². The third kappa shape index (κ3) is 3.92. The SMILES string of the molecule is CC(=O)NCCNC(=O)c1cccc(-c2cn[nH]c2C)c1. The highest BCUT2D eigenvalue weighted by Gasteiger charge is 2.08. The minimum Gasteiger partial charge on any atom is -0.355 e. The molecule has 0 radical (unpaired) electrons. The number of rotatable bonds is 5. The standard InChI is InChI=1S/C15H18N4O2/c1-10-14(9-18-19-10)12-4-3-5-13(8-12)15(21)17-7-6-16-11(2)20/h3-5,8-9H,6-7H2,1-2H3,(H,16,20)(H,17,21)(H,18,19). The summed E-state index contributed by atoms with van der Waals surface area (Å²) >= 11 is 0. The Labute approximate surface area is 122 Å². The van der Waals surface area contributed by atoms with Crippen LogP contribution in [0, 0.1) is 6.92 Å². The average molecular weight is 286 g/mol. The molecule has 0 aliphatic heterocycles. The summed E-state index contributed by atoms with van der Waals surface area (Å²) in [4.78, 5) is 22.8. The molecular weight excluding hydrogens is 268 g/mol. The highest BCUT2D eigenvalue weighted by Crippen LogP contribution is 2.22. The molecule has 0 aliphatic carbocycles. The third-order valence-electron chi connectivity index (χ3n) is 3.05. The van der Waals surface area contributed by atoms with Crippen LogP contribution < -0.4 is 10.6 Å². The molecule has 1 aromatic heterocycles. The first kappa shape index (κ1) is 14.8. The molecule has 0 fully saturated rings. The maximum atomic E-state index is 12.0. The van der Waals surface area contributed by atoms with Gasteiger partial charge in [0.2, 0.25) is 5.91 Å². The minimum atomic E-state index is -0.164. The second-order valence-corrected chi connectivity index (χ2v) is 4.73. The van der Waals surface area contributed by atoms with Gasteiger partial charge in [0.25, 0.3) is 5.91 Å². The number of nitrogens with one attached hydrogen (secondary N) is 3. The molecule has 2 aromatic rings. The summed E-state index contributed by atoms with van der Waals surface area (Å²) < 4.78 is 0. The van der Waals surface area contributed by atoms with Crippen LogP contribution in [0.4, 0.5) is 0 Å². The molecule has 1 aromatic carbocycles. The first-order valence-corrected chi connectivity index (χ1v) is 6.71. The van der Waals surface area contributed by atoms with Crippen molar-refractivity contribution in [3.05, 3.63) is 41.7 Å². The second-order valence-electron chi connectivity index (χ2n) is 4.73. The van der Waals surface area contributed by atoms with Crippen molar-refractivity contribution in [3.8, 4) is 11.1 Å². The zero-order valence-corrected chi connectivity index (χ0v) is 12.1. The van der Waals surface area contributed by atoms with Gasteiger partial charge in [-0.05, 0) is 24.6 Å². The Morgan fingerprint density at radius 3 is 2.67 bits per heavy atom. The van der Waals surface area contributed by atoms with Crippen LogP contribution in [-0.4, -0.2) is 35.1 Å². The van der Waals surface area contributed by atoms with Gasteiger partial charge in [0.15, 0.2) is 0 Å². The van der Waals surface area contributed by atoms with Crippen molar-refractivity contribution < 1.29 is 9.59 Å². The Balaban J connectivity index is 2.02. The molecular formula is C15H18N4O2. The Morgan fingerprint density at radius 1 is 1.24 bits per heavy atom. The van der Waals surface area contributed by atoms with Gasteiger partial charge in [-0.2, -0.15) is 5.10 Å². The fourth-order valence-electron chi connectivity index (χ4n) is 1.99. The van der Waals surface area contributed by atoms with E-state index in [1.165, 1.54) is 6.92 Å². The highest BCUT2D eigenvalue weighted by molar-refractivity contribution is 5.95. The van der Waals surface area contributed by atoms with Gasteiger partial charge in [0, 0.05) is 36.8 Å². The van der Waals surface area contributed by atoms with Gasteiger partial charge in [-0.15, -0.1) is 0 Å². The highest BCUT2D eigenvalue weighted by atomic mass is 16.2. The largest absolute Gasteiger partial charge is 0.355 e. The molecule has 1 heterocycles. The van der Waals surface area contributed by atoms with Crippen molar-refractivity contribution in [2.24, 2.45) is 0 Å². The number of carbonyl (C=O) groups excluding carboxylic acids is 2. The van der Waals surface area contributed by atoms with E-state index in [2.05, 4.69) is 20.8 Å². The number of hydrogen-bond acceptors (Lipinski definition) is 3. The van der Waals surface area contributed by atoms with Gasteiger partial charge in [0.05, 0.1) is 6.20 Å².